The molecule has 0 bridgehead atoms. The third kappa shape index (κ3) is 2.28. The molecule has 2 rings (SSSR count). The van der Waals surface area contributed by atoms with Gasteiger partial charge in [-0.25, -0.2) is 0 Å². The van der Waals surface area contributed by atoms with Crippen molar-refractivity contribution >= 4 is 0 Å². The third-order valence-corrected chi connectivity index (χ3v) is 4.85. The Hall–Kier alpha value is -0.0800. The standard InChI is InChI=1S/C14H26O2/c1-3-14(2)12(15)10-13(14)16-11-8-6-4-5-7-9-11/h11-13,15H,3-10H2,1-2H3. The van der Waals surface area contributed by atoms with Gasteiger partial charge in [-0.1, -0.05) is 39.5 Å². The molecule has 2 nitrogen and oxygen atoms in total. The van der Waals surface area contributed by atoms with E-state index >= 15 is 0 Å². The molecule has 2 saturated carbocycles. The minimum Gasteiger partial charge on any atom is -0.392 e. The summed E-state index contributed by atoms with van der Waals surface area (Å²) in [7, 11) is 0. The summed E-state index contributed by atoms with van der Waals surface area (Å²) in [4.78, 5) is 0. The van der Waals surface area contributed by atoms with Crippen molar-refractivity contribution in [3.63, 3.8) is 0 Å². The molecule has 0 amide bonds. The number of aliphatic hydroxyl groups is 1. The summed E-state index contributed by atoms with van der Waals surface area (Å²) in [5.74, 6) is 0. The zero-order valence-electron chi connectivity index (χ0n) is 10.7. The van der Waals surface area contributed by atoms with Crippen LogP contribution in [0.4, 0.5) is 0 Å². The van der Waals surface area contributed by atoms with E-state index in [2.05, 4.69) is 13.8 Å². The Balaban J connectivity index is 1.85. The molecule has 0 heterocycles. The number of ether oxygens (including phenoxy) is 1. The maximum absolute atomic E-state index is 9.84. The second-order valence-electron chi connectivity index (χ2n) is 5.85. The minimum atomic E-state index is -0.145. The molecule has 2 fully saturated rings. The number of rotatable bonds is 3. The topological polar surface area (TPSA) is 29.5 Å². The first kappa shape index (κ1) is 12.4. The molecule has 0 aliphatic heterocycles. The largest absolute Gasteiger partial charge is 0.392 e. The average molecular weight is 226 g/mol. The predicted molar refractivity (Wildman–Crippen MR) is 65.4 cm³/mol. The molecular weight excluding hydrogens is 200 g/mol. The van der Waals surface area contributed by atoms with Gasteiger partial charge in [0, 0.05) is 11.8 Å². The molecular formula is C14H26O2. The van der Waals surface area contributed by atoms with Crippen molar-refractivity contribution in [3.8, 4) is 0 Å². The Bertz CT molecular complexity index is 221. The van der Waals surface area contributed by atoms with Crippen molar-refractivity contribution in [2.45, 2.75) is 83.5 Å². The summed E-state index contributed by atoms with van der Waals surface area (Å²) in [6.45, 7) is 4.33. The fraction of sp³-hybridized carbons (Fsp3) is 1.00. The maximum atomic E-state index is 9.84. The first-order chi connectivity index (χ1) is 7.66. The smallest absolute Gasteiger partial charge is 0.0681 e. The van der Waals surface area contributed by atoms with Crippen LogP contribution in [0.15, 0.2) is 0 Å². The lowest BCUT2D eigenvalue weighted by Gasteiger charge is -2.51. The summed E-state index contributed by atoms with van der Waals surface area (Å²) in [5, 5.41) is 9.84. The normalized spacial score (nSPS) is 41.4. The summed E-state index contributed by atoms with van der Waals surface area (Å²) in [6.07, 6.45) is 10.3. The van der Waals surface area contributed by atoms with Gasteiger partial charge in [0.25, 0.3) is 0 Å². The summed E-state index contributed by atoms with van der Waals surface area (Å²) in [5.41, 5.74) is 0.0201. The molecule has 94 valence electrons. The van der Waals surface area contributed by atoms with Crippen molar-refractivity contribution in [2.75, 3.05) is 0 Å². The Kier molecular flexibility index (Phi) is 3.91. The molecule has 2 heteroatoms. The Morgan fingerprint density at radius 3 is 2.31 bits per heavy atom. The van der Waals surface area contributed by atoms with Gasteiger partial charge in [0.1, 0.15) is 0 Å². The van der Waals surface area contributed by atoms with Gasteiger partial charge in [-0.3, -0.25) is 0 Å². The van der Waals surface area contributed by atoms with Crippen molar-refractivity contribution in [1.82, 2.24) is 0 Å². The zero-order chi connectivity index (χ0) is 11.6. The minimum absolute atomic E-state index is 0.0201. The van der Waals surface area contributed by atoms with Crippen molar-refractivity contribution in [2.24, 2.45) is 5.41 Å². The summed E-state index contributed by atoms with van der Waals surface area (Å²) < 4.78 is 6.22. The van der Waals surface area contributed by atoms with Crippen LogP contribution in [0.5, 0.6) is 0 Å². The second-order valence-corrected chi connectivity index (χ2v) is 5.85. The lowest BCUT2D eigenvalue weighted by atomic mass is 9.63. The van der Waals surface area contributed by atoms with Crippen molar-refractivity contribution < 1.29 is 9.84 Å². The van der Waals surface area contributed by atoms with E-state index in [1.807, 2.05) is 0 Å². The average Bonchev–Trinajstić information content (AvgIpc) is 2.56. The van der Waals surface area contributed by atoms with Crippen LogP contribution in [0.25, 0.3) is 0 Å². The van der Waals surface area contributed by atoms with Crippen LogP contribution in [0, 0.1) is 5.41 Å². The fourth-order valence-corrected chi connectivity index (χ4v) is 3.08. The van der Waals surface area contributed by atoms with E-state index in [9.17, 15) is 5.11 Å². The Morgan fingerprint density at radius 1 is 1.19 bits per heavy atom. The Morgan fingerprint density at radius 2 is 1.81 bits per heavy atom. The highest BCUT2D eigenvalue weighted by molar-refractivity contribution is 5.00. The lowest BCUT2D eigenvalue weighted by molar-refractivity contribution is -0.205. The Labute approximate surface area is 99.4 Å². The predicted octanol–water partition coefficient (Wildman–Crippen LogP) is 3.28. The van der Waals surface area contributed by atoms with Gasteiger partial charge in [0.05, 0.1) is 18.3 Å². The molecule has 3 unspecified atom stereocenters. The van der Waals surface area contributed by atoms with E-state index in [4.69, 9.17) is 4.74 Å². The molecule has 0 aromatic carbocycles. The zero-order valence-corrected chi connectivity index (χ0v) is 10.7. The van der Waals surface area contributed by atoms with E-state index in [1.165, 1.54) is 38.5 Å². The highest BCUT2D eigenvalue weighted by Crippen LogP contribution is 2.46. The number of hydrogen-bond donors (Lipinski definition) is 1. The molecule has 3 atom stereocenters. The van der Waals surface area contributed by atoms with Crippen molar-refractivity contribution in [3.05, 3.63) is 0 Å². The highest BCUT2D eigenvalue weighted by atomic mass is 16.5. The van der Waals surface area contributed by atoms with Gasteiger partial charge in [0.2, 0.25) is 0 Å². The molecule has 1 N–H and O–H groups in total. The van der Waals surface area contributed by atoms with Crippen LogP contribution >= 0.6 is 0 Å². The lowest BCUT2D eigenvalue weighted by Crippen LogP contribution is -2.57. The van der Waals surface area contributed by atoms with Gasteiger partial charge in [-0.2, -0.15) is 0 Å². The fourth-order valence-electron chi connectivity index (χ4n) is 3.08. The summed E-state index contributed by atoms with van der Waals surface area (Å²) >= 11 is 0. The third-order valence-electron chi connectivity index (χ3n) is 4.85. The molecule has 2 aliphatic rings. The van der Waals surface area contributed by atoms with E-state index < -0.39 is 0 Å². The monoisotopic (exact) mass is 226 g/mol. The van der Waals surface area contributed by atoms with Crippen molar-refractivity contribution in [1.29, 1.82) is 0 Å². The van der Waals surface area contributed by atoms with Gasteiger partial charge in [-0.05, 0) is 19.3 Å². The van der Waals surface area contributed by atoms with Crippen LogP contribution in [0.1, 0.15) is 65.2 Å². The van der Waals surface area contributed by atoms with E-state index in [1.54, 1.807) is 0 Å². The molecule has 0 spiro atoms. The van der Waals surface area contributed by atoms with E-state index in [-0.39, 0.29) is 11.5 Å². The molecule has 16 heavy (non-hydrogen) atoms. The number of hydrogen-bond acceptors (Lipinski definition) is 2. The van der Waals surface area contributed by atoms with Gasteiger partial charge >= 0.3 is 0 Å². The summed E-state index contributed by atoms with van der Waals surface area (Å²) in [6, 6.07) is 0. The molecule has 0 aromatic heterocycles. The maximum Gasteiger partial charge on any atom is 0.0681 e. The molecule has 0 aromatic rings. The molecule has 2 aliphatic carbocycles. The van der Waals surface area contributed by atoms with Gasteiger partial charge in [0.15, 0.2) is 0 Å². The highest BCUT2D eigenvalue weighted by Gasteiger charge is 2.51. The van der Waals surface area contributed by atoms with E-state index in [0.29, 0.717) is 12.2 Å². The van der Waals surface area contributed by atoms with Crippen LogP contribution in [0.2, 0.25) is 0 Å². The molecule has 0 radical (unpaired) electrons. The van der Waals surface area contributed by atoms with Gasteiger partial charge in [-0.15, -0.1) is 0 Å². The van der Waals surface area contributed by atoms with Crippen LogP contribution in [0.3, 0.4) is 0 Å². The van der Waals surface area contributed by atoms with E-state index in [0.717, 1.165) is 12.8 Å². The quantitative estimate of drug-likeness (QED) is 0.748. The van der Waals surface area contributed by atoms with Crippen LogP contribution in [-0.2, 0) is 4.74 Å². The van der Waals surface area contributed by atoms with Crippen LogP contribution < -0.4 is 0 Å². The van der Waals surface area contributed by atoms with Gasteiger partial charge < -0.3 is 9.84 Å². The first-order valence-electron chi connectivity index (χ1n) is 7.00. The second kappa shape index (κ2) is 5.05. The SMILES string of the molecule is CCC1(C)C(O)CC1OC1CCCCCC1. The number of aliphatic hydroxyl groups excluding tert-OH is 1. The first-order valence-corrected chi connectivity index (χ1v) is 7.00. The van der Waals surface area contributed by atoms with Crippen LogP contribution in [-0.4, -0.2) is 23.4 Å². The molecule has 0 saturated heterocycles.